The number of carbonyl (C=O) groups is 1. The maximum atomic E-state index is 11.5. The van der Waals surface area contributed by atoms with E-state index in [0.717, 1.165) is 12.8 Å². The summed E-state index contributed by atoms with van der Waals surface area (Å²) in [5, 5.41) is 5.58. The highest BCUT2D eigenvalue weighted by Gasteiger charge is 2.17. The molecule has 5 nitrogen and oxygen atoms in total. The number of sulfone groups is 1. The number of hydrogen-bond donors (Lipinski definition) is 2. The van der Waals surface area contributed by atoms with E-state index in [1.165, 1.54) is 26.3 Å². The van der Waals surface area contributed by atoms with Gasteiger partial charge in [0.05, 0.1) is 5.75 Å². The van der Waals surface area contributed by atoms with Gasteiger partial charge < -0.3 is 10.6 Å². The van der Waals surface area contributed by atoms with Gasteiger partial charge in [-0.25, -0.2) is 8.42 Å². The van der Waals surface area contributed by atoms with E-state index in [-0.39, 0.29) is 5.75 Å². The number of amides is 1. The number of carbonyl (C=O) groups excluding carboxylic acids is 1. The SMILES string of the molecule is CNC(=O)CS(=O)(=O)CCNC1CCCCC1. The van der Waals surface area contributed by atoms with Crippen LogP contribution in [0.25, 0.3) is 0 Å². The predicted octanol–water partition coefficient (Wildman–Crippen LogP) is 0.0695. The molecule has 6 heteroatoms. The monoisotopic (exact) mass is 262 g/mol. The maximum Gasteiger partial charge on any atom is 0.234 e. The van der Waals surface area contributed by atoms with Crippen molar-refractivity contribution in [2.45, 2.75) is 38.1 Å². The van der Waals surface area contributed by atoms with Crippen LogP contribution in [0.3, 0.4) is 0 Å². The first kappa shape index (κ1) is 14.4. The van der Waals surface area contributed by atoms with E-state index >= 15 is 0 Å². The van der Waals surface area contributed by atoms with Crippen LogP contribution in [0.4, 0.5) is 0 Å². The lowest BCUT2D eigenvalue weighted by Crippen LogP contribution is -2.36. The Morgan fingerprint density at radius 3 is 2.47 bits per heavy atom. The Kier molecular flexibility index (Phi) is 5.91. The molecule has 0 atom stereocenters. The average Bonchev–Trinajstić information content (AvgIpc) is 2.29. The summed E-state index contributed by atoms with van der Waals surface area (Å²) in [6.45, 7) is 0.448. The van der Waals surface area contributed by atoms with Crippen LogP contribution >= 0.6 is 0 Å². The summed E-state index contributed by atoms with van der Waals surface area (Å²) in [5.41, 5.74) is 0. The lowest BCUT2D eigenvalue weighted by Gasteiger charge is -2.22. The predicted molar refractivity (Wildman–Crippen MR) is 67.6 cm³/mol. The van der Waals surface area contributed by atoms with Crippen molar-refractivity contribution in [3.63, 3.8) is 0 Å². The minimum Gasteiger partial charge on any atom is -0.358 e. The molecule has 0 heterocycles. The Labute approximate surface area is 103 Å². The van der Waals surface area contributed by atoms with Gasteiger partial charge >= 0.3 is 0 Å². The Bertz CT molecular complexity index is 335. The van der Waals surface area contributed by atoms with Crippen LogP contribution in [-0.4, -0.2) is 45.5 Å². The fourth-order valence-corrected chi connectivity index (χ4v) is 3.19. The Hall–Kier alpha value is -0.620. The lowest BCUT2D eigenvalue weighted by molar-refractivity contribution is -0.118. The lowest BCUT2D eigenvalue weighted by atomic mass is 9.96. The summed E-state index contributed by atoms with van der Waals surface area (Å²) in [4.78, 5) is 11.0. The van der Waals surface area contributed by atoms with E-state index < -0.39 is 21.5 Å². The molecule has 17 heavy (non-hydrogen) atoms. The van der Waals surface area contributed by atoms with Crippen LogP contribution in [0.1, 0.15) is 32.1 Å². The van der Waals surface area contributed by atoms with Crippen molar-refractivity contribution >= 4 is 15.7 Å². The second-order valence-electron chi connectivity index (χ2n) is 4.55. The molecule has 2 N–H and O–H groups in total. The Morgan fingerprint density at radius 1 is 1.24 bits per heavy atom. The molecule has 0 aromatic rings. The summed E-state index contributed by atoms with van der Waals surface area (Å²) < 4.78 is 23.1. The van der Waals surface area contributed by atoms with Crippen molar-refractivity contribution in [2.75, 3.05) is 25.1 Å². The third-order valence-electron chi connectivity index (χ3n) is 3.08. The van der Waals surface area contributed by atoms with Crippen molar-refractivity contribution < 1.29 is 13.2 Å². The zero-order valence-electron chi connectivity index (χ0n) is 10.4. The summed E-state index contributed by atoms with van der Waals surface area (Å²) in [6, 6.07) is 0.457. The van der Waals surface area contributed by atoms with E-state index in [4.69, 9.17) is 0 Å². The van der Waals surface area contributed by atoms with Gasteiger partial charge in [0.2, 0.25) is 5.91 Å². The third kappa shape index (κ3) is 6.02. The molecule has 0 bridgehead atoms. The molecule has 0 saturated heterocycles. The van der Waals surface area contributed by atoms with Crippen molar-refractivity contribution in [3.05, 3.63) is 0 Å². The Morgan fingerprint density at radius 2 is 1.88 bits per heavy atom. The summed E-state index contributed by atoms with van der Waals surface area (Å²) in [5.74, 6) is -0.810. The molecule has 0 radical (unpaired) electrons. The normalized spacial score (nSPS) is 17.9. The van der Waals surface area contributed by atoms with Crippen molar-refractivity contribution in [3.8, 4) is 0 Å². The first-order chi connectivity index (χ1) is 8.03. The van der Waals surface area contributed by atoms with Gasteiger partial charge in [-0.2, -0.15) is 0 Å². The van der Waals surface area contributed by atoms with Crippen LogP contribution in [0, 0.1) is 0 Å². The van der Waals surface area contributed by atoms with Gasteiger partial charge in [-0.1, -0.05) is 19.3 Å². The molecule has 0 aromatic carbocycles. The number of hydrogen-bond acceptors (Lipinski definition) is 4. The van der Waals surface area contributed by atoms with Gasteiger partial charge in [0.15, 0.2) is 9.84 Å². The Balaban J connectivity index is 2.22. The van der Waals surface area contributed by atoms with Gasteiger partial charge in [0, 0.05) is 19.6 Å². The van der Waals surface area contributed by atoms with E-state index in [1.807, 2.05) is 0 Å². The average molecular weight is 262 g/mol. The summed E-state index contributed by atoms with van der Waals surface area (Å²) >= 11 is 0. The van der Waals surface area contributed by atoms with Crippen LogP contribution in [-0.2, 0) is 14.6 Å². The fraction of sp³-hybridized carbons (Fsp3) is 0.909. The fourth-order valence-electron chi connectivity index (χ4n) is 2.07. The van der Waals surface area contributed by atoms with E-state index in [9.17, 15) is 13.2 Å². The van der Waals surface area contributed by atoms with Crippen molar-refractivity contribution in [1.29, 1.82) is 0 Å². The largest absolute Gasteiger partial charge is 0.358 e. The molecule has 1 amide bonds. The molecule has 0 aliphatic heterocycles. The molecule has 0 spiro atoms. The zero-order chi connectivity index (χ0) is 12.7. The van der Waals surface area contributed by atoms with Crippen molar-refractivity contribution in [2.24, 2.45) is 0 Å². The van der Waals surface area contributed by atoms with Crippen LogP contribution in [0.2, 0.25) is 0 Å². The molecule has 1 rings (SSSR count). The molecular formula is C11H22N2O3S. The minimum atomic E-state index is -3.27. The van der Waals surface area contributed by atoms with Crippen LogP contribution < -0.4 is 10.6 Å². The van der Waals surface area contributed by atoms with Gasteiger partial charge in [-0.05, 0) is 12.8 Å². The molecule has 1 aliphatic carbocycles. The maximum absolute atomic E-state index is 11.5. The second kappa shape index (κ2) is 6.96. The minimum absolute atomic E-state index is 0.0386. The van der Waals surface area contributed by atoms with Gasteiger partial charge in [-0.15, -0.1) is 0 Å². The standard InChI is InChI=1S/C11H22N2O3S/c1-12-11(14)9-17(15,16)8-7-13-10-5-3-2-4-6-10/h10,13H,2-9H2,1H3,(H,12,14). The van der Waals surface area contributed by atoms with Crippen molar-refractivity contribution in [1.82, 2.24) is 10.6 Å². The molecule has 1 saturated carbocycles. The smallest absolute Gasteiger partial charge is 0.234 e. The van der Waals surface area contributed by atoms with E-state index in [1.54, 1.807) is 0 Å². The topological polar surface area (TPSA) is 75.3 Å². The van der Waals surface area contributed by atoms with E-state index in [0.29, 0.717) is 12.6 Å². The molecule has 0 unspecified atom stereocenters. The quantitative estimate of drug-likeness (QED) is 0.710. The van der Waals surface area contributed by atoms with Gasteiger partial charge in [0.1, 0.15) is 5.75 Å². The molecule has 0 aromatic heterocycles. The zero-order valence-corrected chi connectivity index (χ0v) is 11.2. The van der Waals surface area contributed by atoms with Gasteiger partial charge in [0.25, 0.3) is 0 Å². The highest BCUT2D eigenvalue weighted by Crippen LogP contribution is 2.16. The van der Waals surface area contributed by atoms with Crippen LogP contribution in [0.15, 0.2) is 0 Å². The first-order valence-corrected chi connectivity index (χ1v) is 8.00. The highest BCUT2D eigenvalue weighted by atomic mass is 32.2. The van der Waals surface area contributed by atoms with Gasteiger partial charge in [-0.3, -0.25) is 4.79 Å². The summed E-state index contributed by atoms with van der Waals surface area (Å²) in [6.07, 6.45) is 6.00. The second-order valence-corrected chi connectivity index (χ2v) is 6.74. The first-order valence-electron chi connectivity index (χ1n) is 6.18. The molecule has 1 aliphatic rings. The summed E-state index contributed by atoms with van der Waals surface area (Å²) in [7, 11) is -1.83. The van der Waals surface area contributed by atoms with E-state index in [2.05, 4.69) is 10.6 Å². The highest BCUT2D eigenvalue weighted by molar-refractivity contribution is 7.92. The molecule has 1 fully saturated rings. The third-order valence-corrected chi connectivity index (χ3v) is 4.61. The number of rotatable bonds is 6. The number of nitrogens with one attached hydrogen (secondary N) is 2. The molecule has 100 valence electrons. The van der Waals surface area contributed by atoms with Crippen LogP contribution in [0.5, 0.6) is 0 Å². The molecular weight excluding hydrogens is 240 g/mol.